The van der Waals surface area contributed by atoms with E-state index in [1.54, 1.807) is 48.5 Å². The van der Waals surface area contributed by atoms with Gasteiger partial charge >= 0.3 is 0 Å². The third-order valence-corrected chi connectivity index (χ3v) is 4.99. The molecule has 2 amide bonds. The topological polar surface area (TPSA) is 77.1 Å². The lowest BCUT2D eigenvalue weighted by Crippen LogP contribution is -2.54. The van der Waals surface area contributed by atoms with Gasteiger partial charge in [0, 0.05) is 11.6 Å². The number of halogens is 2. The monoisotopic (exact) mass is 434 g/mol. The highest BCUT2D eigenvalue weighted by Gasteiger charge is 2.42. The average molecular weight is 434 g/mol. The normalized spacial score (nSPS) is 18.7. The predicted molar refractivity (Wildman–Crippen MR) is 108 cm³/mol. The first-order valence-corrected chi connectivity index (χ1v) is 9.67. The Balaban J connectivity index is 1.96. The first-order chi connectivity index (χ1) is 14.9. The van der Waals surface area contributed by atoms with E-state index in [1.165, 1.54) is 19.1 Å². The van der Waals surface area contributed by atoms with E-state index < -0.39 is 31.0 Å². The predicted octanol–water partition coefficient (Wildman–Crippen LogP) is 2.55. The molecule has 0 bridgehead atoms. The molecule has 9 heteroatoms. The standard InChI is InChI=1S/C22H24F2N2O5/c1-29-16-9-8-15(17(10-16)30-2)12-26-19(27)13-31-21(22(28)25-11-18(23)24)20(26)14-6-4-3-5-7-14/h3-10,18,20-21H,11-13H2,1-2H3,(H,25,28)/t20-,21+/m0/s1. The van der Waals surface area contributed by atoms with Crippen LogP contribution < -0.4 is 14.8 Å². The van der Waals surface area contributed by atoms with Gasteiger partial charge in [0.15, 0.2) is 6.10 Å². The van der Waals surface area contributed by atoms with Crippen LogP contribution in [0.2, 0.25) is 0 Å². The molecule has 1 saturated heterocycles. The van der Waals surface area contributed by atoms with E-state index in [1.807, 2.05) is 0 Å². The maximum atomic E-state index is 12.8. The molecule has 0 saturated carbocycles. The maximum absolute atomic E-state index is 12.8. The van der Waals surface area contributed by atoms with Crippen LogP contribution in [0.15, 0.2) is 48.5 Å². The van der Waals surface area contributed by atoms with E-state index >= 15 is 0 Å². The van der Waals surface area contributed by atoms with Gasteiger partial charge in [-0.2, -0.15) is 0 Å². The summed E-state index contributed by atoms with van der Waals surface area (Å²) in [4.78, 5) is 27.0. The quantitative estimate of drug-likeness (QED) is 0.691. The lowest BCUT2D eigenvalue weighted by molar-refractivity contribution is -0.165. The van der Waals surface area contributed by atoms with Gasteiger partial charge in [-0.1, -0.05) is 30.3 Å². The highest BCUT2D eigenvalue weighted by Crippen LogP contribution is 2.34. The Morgan fingerprint density at radius 2 is 1.94 bits per heavy atom. The molecule has 7 nitrogen and oxygen atoms in total. The van der Waals surface area contributed by atoms with Gasteiger partial charge in [-0.3, -0.25) is 9.59 Å². The van der Waals surface area contributed by atoms with Crippen molar-refractivity contribution < 1.29 is 32.6 Å². The minimum atomic E-state index is -2.69. The fourth-order valence-corrected chi connectivity index (χ4v) is 3.51. The smallest absolute Gasteiger partial charge is 0.255 e. The zero-order chi connectivity index (χ0) is 22.4. The van der Waals surface area contributed by atoms with Gasteiger partial charge in [-0.25, -0.2) is 8.78 Å². The molecule has 1 N–H and O–H groups in total. The zero-order valence-corrected chi connectivity index (χ0v) is 17.2. The largest absolute Gasteiger partial charge is 0.497 e. The molecule has 2 atom stereocenters. The molecule has 0 aliphatic carbocycles. The number of hydrogen-bond donors (Lipinski definition) is 1. The van der Waals surface area contributed by atoms with E-state index in [-0.39, 0.29) is 19.1 Å². The number of methoxy groups -OCH3 is 2. The van der Waals surface area contributed by atoms with E-state index in [4.69, 9.17) is 14.2 Å². The lowest BCUT2D eigenvalue weighted by Gasteiger charge is -2.40. The van der Waals surface area contributed by atoms with Crippen molar-refractivity contribution in [2.24, 2.45) is 0 Å². The van der Waals surface area contributed by atoms with Crippen LogP contribution in [-0.2, 0) is 20.9 Å². The number of amides is 2. The summed E-state index contributed by atoms with van der Waals surface area (Å²) >= 11 is 0. The minimum Gasteiger partial charge on any atom is -0.497 e. The number of carbonyl (C=O) groups is 2. The molecule has 0 spiro atoms. The van der Waals surface area contributed by atoms with Crippen LogP contribution in [0, 0.1) is 0 Å². The molecule has 2 aromatic rings. The molecular formula is C22H24F2N2O5. The van der Waals surface area contributed by atoms with Gasteiger partial charge in [0.05, 0.1) is 33.4 Å². The summed E-state index contributed by atoms with van der Waals surface area (Å²) in [7, 11) is 3.04. The number of nitrogens with one attached hydrogen (secondary N) is 1. The fourth-order valence-electron chi connectivity index (χ4n) is 3.51. The molecule has 0 aromatic heterocycles. The van der Waals surface area contributed by atoms with E-state index in [0.29, 0.717) is 22.6 Å². The summed E-state index contributed by atoms with van der Waals surface area (Å²) in [6.07, 6.45) is -3.83. The van der Waals surface area contributed by atoms with Crippen LogP contribution in [0.3, 0.4) is 0 Å². The van der Waals surface area contributed by atoms with Crippen molar-refractivity contribution in [3.05, 3.63) is 59.7 Å². The number of hydrogen-bond acceptors (Lipinski definition) is 5. The second kappa shape index (κ2) is 10.2. The second-order valence-corrected chi connectivity index (χ2v) is 6.92. The van der Waals surface area contributed by atoms with Crippen LogP contribution in [-0.4, -0.2) is 56.6 Å². The molecular weight excluding hydrogens is 410 g/mol. The summed E-state index contributed by atoms with van der Waals surface area (Å²) < 4.78 is 41.4. The number of morpholine rings is 1. The van der Waals surface area contributed by atoms with Crippen LogP contribution in [0.5, 0.6) is 11.5 Å². The van der Waals surface area contributed by atoms with Crippen molar-refractivity contribution in [2.75, 3.05) is 27.4 Å². The summed E-state index contributed by atoms with van der Waals surface area (Å²) in [5.74, 6) is 0.0832. The van der Waals surface area contributed by atoms with Crippen molar-refractivity contribution in [2.45, 2.75) is 25.1 Å². The Bertz CT molecular complexity index is 910. The average Bonchev–Trinajstić information content (AvgIpc) is 2.79. The van der Waals surface area contributed by atoms with Crippen molar-refractivity contribution in [3.63, 3.8) is 0 Å². The van der Waals surface area contributed by atoms with Crippen molar-refractivity contribution >= 4 is 11.8 Å². The molecule has 2 aromatic carbocycles. The van der Waals surface area contributed by atoms with Crippen LogP contribution in [0.1, 0.15) is 17.2 Å². The number of carbonyl (C=O) groups excluding carboxylic acids is 2. The first kappa shape index (κ1) is 22.5. The molecule has 1 heterocycles. The third-order valence-electron chi connectivity index (χ3n) is 4.99. The van der Waals surface area contributed by atoms with Crippen molar-refractivity contribution in [1.29, 1.82) is 0 Å². The van der Waals surface area contributed by atoms with Gasteiger partial charge in [0.1, 0.15) is 18.1 Å². The lowest BCUT2D eigenvalue weighted by atomic mass is 9.96. The van der Waals surface area contributed by atoms with Crippen LogP contribution in [0.25, 0.3) is 0 Å². The number of nitrogens with zero attached hydrogens (tertiary/aromatic N) is 1. The summed E-state index contributed by atoms with van der Waals surface area (Å²) in [6.45, 7) is -0.997. The minimum absolute atomic E-state index is 0.132. The highest BCUT2D eigenvalue weighted by atomic mass is 19.3. The van der Waals surface area contributed by atoms with Gasteiger partial charge < -0.3 is 24.4 Å². The Morgan fingerprint density at radius 3 is 2.58 bits per heavy atom. The van der Waals surface area contributed by atoms with Gasteiger partial charge in [-0.05, 0) is 17.7 Å². The van der Waals surface area contributed by atoms with Crippen LogP contribution >= 0.6 is 0 Å². The van der Waals surface area contributed by atoms with E-state index in [0.717, 1.165) is 0 Å². The Morgan fingerprint density at radius 1 is 1.19 bits per heavy atom. The number of rotatable bonds is 8. The molecule has 166 valence electrons. The first-order valence-electron chi connectivity index (χ1n) is 9.67. The molecule has 1 aliphatic heterocycles. The Hall–Kier alpha value is -3.20. The molecule has 1 aliphatic rings. The molecule has 0 unspecified atom stereocenters. The van der Waals surface area contributed by atoms with Crippen molar-refractivity contribution in [1.82, 2.24) is 10.2 Å². The zero-order valence-electron chi connectivity index (χ0n) is 17.2. The van der Waals surface area contributed by atoms with Crippen LogP contribution in [0.4, 0.5) is 8.78 Å². The molecule has 31 heavy (non-hydrogen) atoms. The third kappa shape index (κ3) is 5.29. The van der Waals surface area contributed by atoms with E-state index in [2.05, 4.69) is 5.32 Å². The SMILES string of the molecule is COc1ccc(CN2C(=O)CO[C@@H](C(=O)NCC(F)F)[C@@H]2c2ccccc2)c(OC)c1. The molecule has 0 radical (unpaired) electrons. The Kier molecular flexibility index (Phi) is 7.41. The highest BCUT2D eigenvalue weighted by molar-refractivity contribution is 5.86. The van der Waals surface area contributed by atoms with Crippen molar-refractivity contribution in [3.8, 4) is 11.5 Å². The Labute approximate surface area is 178 Å². The number of alkyl halides is 2. The van der Waals surface area contributed by atoms with Gasteiger partial charge in [0.2, 0.25) is 5.91 Å². The maximum Gasteiger partial charge on any atom is 0.255 e. The summed E-state index contributed by atoms with van der Waals surface area (Å²) in [5.41, 5.74) is 1.35. The van der Waals surface area contributed by atoms with Gasteiger partial charge in [-0.15, -0.1) is 0 Å². The van der Waals surface area contributed by atoms with Gasteiger partial charge in [0.25, 0.3) is 12.3 Å². The molecule has 3 rings (SSSR count). The number of benzene rings is 2. The number of ether oxygens (including phenoxy) is 3. The van der Waals surface area contributed by atoms with E-state index in [9.17, 15) is 18.4 Å². The second-order valence-electron chi connectivity index (χ2n) is 6.92. The molecule has 1 fully saturated rings. The summed E-state index contributed by atoms with van der Waals surface area (Å²) in [5, 5.41) is 2.20. The summed E-state index contributed by atoms with van der Waals surface area (Å²) in [6, 6.07) is 13.3. The fraction of sp³-hybridized carbons (Fsp3) is 0.364.